The molecule has 1 aromatic heterocycles. The van der Waals surface area contributed by atoms with Crippen molar-refractivity contribution in [3.05, 3.63) is 35.2 Å². The zero-order valence-electron chi connectivity index (χ0n) is 17.6. The minimum atomic E-state index is 0.0448. The van der Waals surface area contributed by atoms with E-state index in [0.717, 1.165) is 37.0 Å². The summed E-state index contributed by atoms with van der Waals surface area (Å²) in [6, 6.07) is 6.55. The van der Waals surface area contributed by atoms with E-state index in [9.17, 15) is 4.79 Å². The number of aryl methyl sites for hydroxylation is 3. The highest BCUT2D eigenvalue weighted by atomic mass is 32.2. The molecule has 0 aliphatic heterocycles. The van der Waals surface area contributed by atoms with E-state index in [4.69, 9.17) is 9.15 Å². The van der Waals surface area contributed by atoms with E-state index < -0.39 is 0 Å². The Morgan fingerprint density at radius 2 is 2.10 bits per heavy atom. The standard InChI is InChI=1S/C22H31N3O3S/c1-15-7-4-5-9-18(15)23-20(26)14-29-22-25-24-21(28-22)10-6-8-17-11-12-19(27-3)16(2)13-17/h11-13,15,18H,4-10,14H2,1-3H3,(H,23,26)/t15-,18+/m0/s1. The molecule has 1 heterocycles. The normalized spacial score (nSPS) is 19.1. The molecular formula is C22H31N3O3S. The summed E-state index contributed by atoms with van der Waals surface area (Å²) in [5.41, 5.74) is 2.41. The Kier molecular flexibility index (Phi) is 7.98. The van der Waals surface area contributed by atoms with E-state index in [1.165, 1.54) is 36.6 Å². The smallest absolute Gasteiger partial charge is 0.277 e. The highest BCUT2D eigenvalue weighted by Gasteiger charge is 2.23. The SMILES string of the molecule is COc1ccc(CCCc2nnc(SCC(=O)N[C@@H]3CCCC[C@@H]3C)o2)cc1C. The largest absolute Gasteiger partial charge is 0.496 e. The zero-order chi connectivity index (χ0) is 20.6. The van der Waals surface area contributed by atoms with E-state index in [1.807, 2.05) is 6.07 Å². The van der Waals surface area contributed by atoms with E-state index in [-0.39, 0.29) is 5.91 Å². The van der Waals surface area contributed by atoms with Gasteiger partial charge in [0.25, 0.3) is 5.22 Å². The quantitative estimate of drug-likeness (QED) is 0.611. The van der Waals surface area contributed by atoms with Gasteiger partial charge in [0.15, 0.2) is 0 Å². The number of thioether (sulfide) groups is 1. The molecule has 3 rings (SSSR count). The van der Waals surface area contributed by atoms with Crippen molar-refractivity contribution in [3.63, 3.8) is 0 Å². The number of benzene rings is 1. The van der Waals surface area contributed by atoms with Crippen molar-refractivity contribution in [2.75, 3.05) is 12.9 Å². The fourth-order valence-corrected chi connectivity index (χ4v) is 4.44. The Labute approximate surface area is 177 Å². The van der Waals surface area contributed by atoms with Crippen molar-refractivity contribution in [1.29, 1.82) is 0 Å². The van der Waals surface area contributed by atoms with Crippen molar-refractivity contribution in [2.45, 2.75) is 70.1 Å². The van der Waals surface area contributed by atoms with Crippen LogP contribution in [-0.4, -0.2) is 35.0 Å². The average Bonchev–Trinajstić information content (AvgIpc) is 3.16. The maximum absolute atomic E-state index is 12.2. The molecule has 158 valence electrons. The third kappa shape index (κ3) is 6.49. The average molecular weight is 418 g/mol. The fourth-order valence-electron chi connectivity index (χ4n) is 3.84. The lowest BCUT2D eigenvalue weighted by Crippen LogP contribution is -2.41. The minimum absolute atomic E-state index is 0.0448. The number of ether oxygens (including phenoxy) is 1. The number of nitrogens with one attached hydrogen (secondary N) is 1. The molecule has 0 unspecified atom stereocenters. The fraction of sp³-hybridized carbons (Fsp3) is 0.591. The molecule has 2 atom stereocenters. The van der Waals surface area contributed by atoms with Gasteiger partial charge >= 0.3 is 0 Å². The number of nitrogens with zero attached hydrogens (tertiary/aromatic N) is 2. The maximum Gasteiger partial charge on any atom is 0.277 e. The Hall–Kier alpha value is -2.02. The third-order valence-corrected chi connectivity index (χ3v) is 6.37. The number of hydrogen-bond donors (Lipinski definition) is 1. The maximum atomic E-state index is 12.2. The van der Waals surface area contributed by atoms with Gasteiger partial charge in [-0.25, -0.2) is 0 Å². The highest BCUT2D eigenvalue weighted by molar-refractivity contribution is 7.99. The van der Waals surface area contributed by atoms with Crippen LogP contribution in [0.5, 0.6) is 5.75 Å². The highest BCUT2D eigenvalue weighted by Crippen LogP contribution is 2.24. The van der Waals surface area contributed by atoms with E-state index in [0.29, 0.717) is 28.8 Å². The lowest BCUT2D eigenvalue weighted by molar-refractivity contribution is -0.119. The van der Waals surface area contributed by atoms with Gasteiger partial charge in [-0.15, -0.1) is 10.2 Å². The molecule has 0 saturated heterocycles. The predicted octanol–water partition coefficient (Wildman–Crippen LogP) is 4.35. The first kappa shape index (κ1) is 21.7. The van der Waals surface area contributed by atoms with Crippen molar-refractivity contribution >= 4 is 17.7 Å². The Morgan fingerprint density at radius 1 is 1.28 bits per heavy atom. The molecule has 1 aliphatic rings. The van der Waals surface area contributed by atoms with Crippen LogP contribution in [0.25, 0.3) is 0 Å². The summed E-state index contributed by atoms with van der Waals surface area (Å²) < 4.78 is 11.0. The molecule has 1 aromatic carbocycles. The number of aromatic nitrogens is 2. The topological polar surface area (TPSA) is 77.2 Å². The molecule has 1 amide bonds. The summed E-state index contributed by atoms with van der Waals surface area (Å²) in [6.45, 7) is 4.27. The number of hydrogen-bond acceptors (Lipinski definition) is 6. The van der Waals surface area contributed by atoms with Crippen LogP contribution in [0.4, 0.5) is 0 Å². The molecule has 29 heavy (non-hydrogen) atoms. The van der Waals surface area contributed by atoms with Gasteiger partial charge in [0.05, 0.1) is 12.9 Å². The second-order valence-corrected chi connectivity index (χ2v) is 8.77. The molecule has 0 spiro atoms. The second kappa shape index (κ2) is 10.7. The number of rotatable bonds is 9. The minimum Gasteiger partial charge on any atom is -0.496 e. The molecule has 2 aromatic rings. The summed E-state index contributed by atoms with van der Waals surface area (Å²) in [4.78, 5) is 12.2. The van der Waals surface area contributed by atoms with Gasteiger partial charge in [0.2, 0.25) is 11.8 Å². The van der Waals surface area contributed by atoms with Gasteiger partial charge in [-0.2, -0.15) is 0 Å². The van der Waals surface area contributed by atoms with Crippen molar-refractivity contribution in [3.8, 4) is 5.75 Å². The van der Waals surface area contributed by atoms with Crippen molar-refractivity contribution in [1.82, 2.24) is 15.5 Å². The van der Waals surface area contributed by atoms with Crippen molar-refractivity contribution < 1.29 is 13.9 Å². The van der Waals surface area contributed by atoms with Gasteiger partial charge in [-0.3, -0.25) is 4.79 Å². The van der Waals surface area contributed by atoms with Gasteiger partial charge in [-0.05, 0) is 55.7 Å². The molecular weight excluding hydrogens is 386 g/mol. The lowest BCUT2D eigenvalue weighted by atomic mass is 9.86. The van der Waals surface area contributed by atoms with E-state index in [1.54, 1.807) is 7.11 Å². The zero-order valence-corrected chi connectivity index (χ0v) is 18.4. The number of methoxy groups -OCH3 is 1. The van der Waals surface area contributed by atoms with Crippen LogP contribution in [0.1, 0.15) is 56.0 Å². The Bertz CT molecular complexity index is 808. The van der Waals surface area contributed by atoms with Crippen LogP contribution < -0.4 is 10.1 Å². The van der Waals surface area contributed by atoms with E-state index >= 15 is 0 Å². The number of amides is 1. The van der Waals surface area contributed by atoms with Crippen LogP contribution in [0.2, 0.25) is 0 Å². The first-order valence-electron chi connectivity index (χ1n) is 10.4. The van der Waals surface area contributed by atoms with Crippen LogP contribution in [0, 0.1) is 12.8 Å². The van der Waals surface area contributed by atoms with Crippen molar-refractivity contribution in [2.24, 2.45) is 5.92 Å². The molecule has 6 nitrogen and oxygen atoms in total. The number of carbonyl (C=O) groups excluding carboxylic acids is 1. The summed E-state index contributed by atoms with van der Waals surface area (Å²) in [5.74, 6) is 2.45. The van der Waals surface area contributed by atoms with Gasteiger partial charge in [0.1, 0.15) is 5.75 Å². The first-order chi connectivity index (χ1) is 14.0. The monoisotopic (exact) mass is 417 g/mol. The molecule has 7 heteroatoms. The second-order valence-electron chi connectivity index (χ2n) is 7.84. The van der Waals surface area contributed by atoms with E-state index in [2.05, 4.69) is 41.5 Å². The van der Waals surface area contributed by atoms with Crippen LogP contribution in [0.3, 0.4) is 0 Å². The summed E-state index contributed by atoms with van der Waals surface area (Å²) in [5, 5.41) is 11.8. The molecule has 0 radical (unpaired) electrons. The summed E-state index contributed by atoms with van der Waals surface area (Å²) in [6.07, 6.45) is 7.34. The summed E-state index contributed by atoms with van der Waals surface area (Å²) >= 11 is 1.31. The van der Waals surface area contributed by atoms with Gasteiger partial charge < -0.3 is 14.5 Å². The molecule has 0 bridgehead atoms. The molecule has 1 N–H and O–H groups in total. The van der Waals surface area contributed by atoms with Crippen LogP contribution in [0.15, 0.2) is 27.8 Å². The summed E-state index contributed by atoms with van der Waals surface area (Å²) in [7, 11) is 1.69. The van der Waals surface area contributed by atoms with Gasteiger partial charge in [-0.1, -0.05) is 43.7 Å². The van der Waals surface area contributed by atoms with Crippen LogP contribution in [-0.2, 0) is 17.6 Å². The van der Waals surface area contributed by atoms with Gasteiger partial charge in [0, 0.05) is 12.5 Å². The Balaban J connectivity index is 1.39. The third-order valence-electron chi connectivity index (χ3n) is 5.55. The lowest BCUT2D eigenvalue weighted by Gasteiger charge is -2.29. The molecule has 1 aliphatic carbocycles. The Morgan fingerprint density at radius 3 is 2.86 bits per heavy atom. The number of carbonyl (C=O) groups is 1. The molecule has 1 fully saturated rings. The molecule has 1 saturated carbocycles. The first-order valence-corrected chi connectivity index (χ1v) is 11.4. The van der Waals surface area contributed by atoms with Crippen LogP contribution >= 0.6 is 11.8 Å². The predicted molar refractivity (Wildman–Crippen MR) is 114 cm³/mol.